The van der Waals surface area contributed by atoms with Crippen molar-refractivity contribution in [1.82, 2.24) is 5.32 Å². The molecule has 0 aromatic rings. The van der Waals surface area contributed by atoms with Gasteiger partial charge in [0.2, 0.25) is 0 Å². The minimum atomic E-state index is 0.0574. The predicted molar refractivity (Wildman–Crippen MR) is 93.6 cm³/mol. The van der Waals surface area contributed by atoms with Gasteiger partial charge in [-0.1, -0.05) is 26.0 Å². The topological polar surface area (TPSA) is 29.1 Å². The van der Waals surface area contributed by atoms with E-state index in [2.05, 4.69) is 32.7 Å². The van der Waals surface area contributed by atoms with Crippen LogP contribution in [0.4, 0.5) is 0 Å². The van der Waals surface area contributed by atoms with Crippen LogP contribution in [0, 0.1) is 11.3 Å². The van der Waals surface area contributed by atoms with Crippen molar-refractivity contribution in [3.05, 3.63) is 34.4 Å². The summed E-state index contributed by atoms with van der Waals surface area (Å²) in [5.74, 6) is 0.627. The Hall–Kier alpha value is -1.31. The second kappa shape index (κ2) is 6.44. The van der Waals surface area contributed by atoms with Gasteiger partial charge < -0.3 is 5.32 Å². The maximum Gasteiger partial charge on any atom is 0.251 e. The fraction of sp³-hybridized carbons (Fsp3) is 0.650. The van der Waals surface area contributed by atoms with E-state index in [1.807, 2.05) is 13.8 Å². The molecule has 1 fully saturated rings. The predicted octanol–water partition coefficient (Wildman–Crippen LogP) is 4.93. The lowest BCUT2D eigenvalue weighted by atomic mass is 9.72. The van der Waals surface area contributed by atoms with Gasteiger partial charge in [0.05, 0.1) is 0 Å². The van der Waals surface area contributed by atoms with Gasteiger partial charge in [-0.05, 0) is 80.9 Å². The second-order valence-electron chi connectivity index (χ2n) is 7.80. The Labute approximate surface area is 135 Å². The first-order valence-corrected chi connectivity index (χ1v) is 8.64. The van der Waals surface area contributed by atoms with Crippen molar-refractivity contribution in [2.24, 2.45) is 11.3 Å². The third kappa shape index (κ3) is 3.71. The molecule has 2 aliphatic carbocycles. The summed E-state index contributed by atoms with van der Waals surface area (Å²) in [7, 11) is 0. The maximum absolute atomic E-state index is 12.6. The summed E-state index contributed by atoms with van der Waals surface area (Å²) in [4.78, 5) is 12.6. The van der Waals surface area contributed by atoms with Crippen molar-refractivity contribution in [2.45, 2.75) is 66.7 Å². The minimum Gasteiger partial charge on any atom is -0.352 e. The smallest absolute Gasteiger partial charge is 0.251 e. The van der Waals surface area contributed by atoms with Gasteiger partial charge in [0.1, 0.15) is 0 Å². The van der Waals surface area contributed by atoms with Gasteiger partial charge in [0.15, 0.2) is 0 Å². The Morgan fingerprint density at radius 2 is 2.00 bits per heavy atom. The van der Waals surface area contributed by atoms with Gasteiger partial charge in [0.25, 0.3) is 5.91 Å². The van der Waals surface area contributed by atoms with E-state index in [9.17, 15) is 4.79 Å². The summed E-state index contributed by atoms with van der Waals surface area (Å²) >= 11 is 0. The first-order chi connectivity index (χ1) is 10.3. The number of hydrogen-bond donors (Lipinski definition) is 1. The van der Waals surface area contributed by atoms with Gasteiger partial charge >= 0.3 is 0 Å². The quantitative estimate of drug-likeness (QED) is 0.566. The first-order valence-electron chi connectivity index (χ1n) is 8.64. The molecular formula is C20H31NO. The third-order valence-corrected chi connectivity index (χ3v) is 4.88. The van der Waals surface area contributed by atoms with Gasteiger partial charge in [0, 0.05) is 12.1 Å². The summed E-state index contributed by atoms with van der Waals surface area (Å²) in [6, 6.07) is 0. The number of hydrogen-bond acceptors (Lipinski definition) is 1. The Bertz CT molecular complexity index is 544. The zero-order valence-electron chi connectivity index (χ0n) is 14.9. The van der Waals surface area contributed by atoms with E-state index in [-0.39, 0.29) is 5.91 Å². The highest BCUT2D eigenvalue weighted by Crippen LogP contribution is 2.49. The number of rotatable bonds is 5. The fourth-order valence-corrected chi connectivity index (χ4v) is 3.72. The zero-order valence-corrected chi connectivity index (χ0v) is 14.9. The van der Waals surface area contributed by atoms with E-state index in [1.54, 1.807) is 0 Å². The summed E-state index contributed by atoms with van der Waals surface area (Å²) < 4.78 is 0. The molecule has 1 amide bonds. The van der Waals surface area contributed by atoms with Crippen LogP contribution < -0.4 is 5.32 Å². The van der Waals surface area contributed by atoms with Crippen LogP contribution in [0.5, 0.6) is 0 Å². The Morgan fingerprint density at radius 3 is 2.45 bits per heavy atom. The molecule has 0 aromatic carbocycles. The number of nitrogens with one attached hydrogen (secondary N) is 1. The molecule has 2 nitrogen and oxygen atoms in total. The lowest BCUT2D eigenvalue weighted by Gasteiger charge is -2.34. The van der Waals surface area contributed by atoms with Crippen molar-refractivity contribution in [1.29, 1.82) is 0 Å². The monoisotopic (exact) mass is 301 g/mol. The standard InChI is InChI=1S/C20H31NO/c1-7-21-19(22)17(13(2)3)18(15-8-9-15)16-10-11-20(5,6)12-14(16)4/h15H,2,7-12H2,1,3-6H3,(H,21,22)/b18-17+. The molecule has 2 heteroatoms. The molecule has 0 spiro atoms. The molecule has 22 heavy (non-hydrogen) atoms. The highest BCUT2D eigenvalue weighted by Gasteiger charge is 2.36. The minimum absolute atomic E-state index is 0.0574. The number of carbonyl (C=O) groups is 1. The highest BCUT2D eigenvalue weighted by molar-refractivity contribution is 5.99. The lowest BCUT2D eigenvalue weighted by Crippen LogP contribution is -2.27. The molecule has 0 bridgehead atoms. The molecule has 1 saturated carbocycles. The summed E-state index contributed by atoms with van der Waals surface area (Å²) in [5, 5.41) is 2.98. The Kier molecular flexibility index (Phi) is 4.99. The molecule has 0 unspecified atom stereocenters. The van der Waals surface area contributed by atoms with Crippen molar-refractivity contribution < 1.29 is 4.79 Å². The van der Waals surface area contributed by atoms with E-state index in [4.69, 9.17) is 0 Å². The average Bonchev–Trinajstić information content (AvgIpc) is 3.19. The van der Waals surface area contributed by atoms with Gasteiger partial charge in [-0.3, -0.25) is 4.79 Å². The van der Waals surface area contributed by atoms with E-state index >= 15 is 0 Å². The molecule has 0 radical (unpaired) electrons. The second-order valence-corrected chi connectivity index (χ2v) is 7.80. The van der Waals surface area contributed by atoms with Crippen molar-refractivity contribution in [3.63, 3.8) is 0 Å². The number of amides is 1. The van der Waals surface area contributed by atoms with Crippen LogP contribution in [0.1, 0.15) is 66.7 Å². The molecule has 0 saturated heterocycles. The molecule has 1 N–H and O–H groups in total. The lowest BCUT2D eigenvalue weighted by molar-refractivity contribution is -0.117. The molecule has 2 aliphatic rings. The van der Waals surface area contributed by atoms with Crippen LogP contribution in [0.25, 0.3) is 0 Å². The molecule has 0 aromatic heterocycles. The van der Waals surface area contributed by atoms with Gasteiger partial charge in [-0.2, -0.15) is 0 Å². The molecule has 0 atom stereocenters. The summed E-state index contributed by atoms with van der Waals surface area (Å²) in [5.41, 5.74) is 6.38. The average molecular weight is 301 g/mol. The normalized spacial score (nSPS) is 22.2. The SMILES string of the molecule is C=C(C)/C(C(=O)NCC)=C(\C1=C(C)CC(C)(C)CC1)C1CC1. The van der Waals surface area contributed by atoms with E-state index in [0.717, 1.165) is 24.0 Å². The number of allylic oxidation sites excluding steroid dienone is 3. The van der Waals surface area contributed by atoms with Crippen LogP contribution in [0.3, 0.4) is 0 Å². The fourth-order valence-electron chi connectivity index (χ4n) is 3.72. The molecule has 0 heterocycles. The number of likely N-dealkylation sites (N-methyl/N-ethyl adjacent to an activating group) is 1. The van der Waals surface area contributed by atoms with Crippen molar-refractivity contribution in [2.75, 3.05) is 6.54 Å². The summed E-state index contributed by atoms with van der Waals surface area (Å²) in [6.07, 6.45) is 5.87. The largest absolute Gasteiger partial charge is 0.352 e. The number of carbonyl (C=O) groups excluding carboxylic acids is 1. The third-order valence-electron chi connectivity index (χ3n) is 4.88. The van der Waals surface area contributed by atoms with E-state index in [1.165, 1.54) is 36.0 Å². The van der Waals surface area contributed by atoms with Crippen LogP contribution in [0.2, 0.25) is 0 Å². The van der Waals surface area contributed by atoms with Crippen molar-refractivity contribution >= 4 is 5.91 Å². The summed E-state index contributed by atoms with van der Waals surface area (Å²) in [6.45, 7) is 15.6. The molecule has 122 valence electrons. The van der Waals surface area contributed by atoms with Crippen LogP contribution in [-0.4, -0.2) is 12.5 Å². The Balaban J connectivity index is 2.50. The molecule has 2 rings (SSSR count). The van der Waals surface area contributed by atoms with Gasteiger partial charge in [-0.25, -0.2) is 0 Å². The Morgan fingerprint density at radius 1 is 1.36 bits per heavy atom. The van der Waals surface area contributed by atoms with Crippen molar-refractivity contribution in [3.8, 4) is 0 Å². The highest BCUT2D eigenvalue weighted by atomic mass is 16.1. The zero-order chi connectivity index (χ0) is 16.5. The maximum atomic E-state index is 12.6. The van der Waals surface area contributed by atoms with Crippen LogP contribution in [0.15, 0.2) is 34.4 Å². The molecular weight excluding hydrogens is 270 g/mol. The van der Waals surface area contributed by atoms with E-state index < -0.39 is 0 Å². The van der Waals surface area contributed by atoms with E-state index in [0.29, 0.717) is 17.9 Å². The van der Waals surface area contributed by atoms with Gasteiger partial charge in [-0.15, -0.1) is 0 Å². The van der Waals surface area contributed by atoms with Crippen LogP contribution in [-0.2, 0) is 4.79 Å². The molecule has 0 aliphatic heterocycles. The van der Waals surface area contributed by atoms with Crippen LogP contribution >= 0.6 is 0 Å². The first kappa shape index (κ1) is 17.1.